The molecule has 0 bridgehead atoms. The van der Waals surface area contributed by atoms with Gasteiger partial charge >= 0.3 is 0 Å². The maximum absolute atomic E-state index is 12.7. The van der Waals surface area contributed by atoms with Gasteiger partial charge in [0, 0.05) is 30.5 Å². The second kappa shape index (κ2) is 9.96. The van der Waals surface area contributed by atoms with Gasteiger partial charge in [0.05, 0.1) is 25.3 Å². The Morgan fingerprint density at radius 3 is 2.39 bits per heavy atom. The number of imide groups is 1. The van der Waals surface area contributed by atoms with Gasteiger partial charge in [-0.15, -0.1) is 0 Å². The number of carbonyl (C=O) groups is 3. The van der Waals surface area contributed by atoms with Crippen LogP contribution in [0.1, 0.15) is 46.0 Å². The molecule has 0 spiro atoms. The molecule has 3 rings (SSSR count). The van der Waals surface area contributed by atoms with Crippen LogP contribution in [0.2, 0.25) is 0 Å². The molecule has 31 heavy (non-hydrogen) atoms. The monoisotopic (exact) mass is 488 g/mol. The number of nitrogens with zero attached hydrogens (tertiary/aromatic N) is 2. The topological polar surface area (TPSA) is 76.2 Å². The Bertz CT molecular complexity index is 1010. The summed E-state index contributed by atoms with van der Waals surface area (Å²) in [6.07, 6.45) is 0.659. The van der Waals surface area contributed by atoms with E-state index in [2.05, 4.69) is 15.9 Å². The second-order valence-corrected chi connectivity index (χ2v) is 8.07. The Morgan fingerprint density at radius 1 is 1.00 bits per heavy atom. The highest BCUT2D eigenvalue weighted by atomic mass is 79.9. The molecule has 0 radical (unpaired) electrons. The molecule has 7 nitrogen and oxygen atoms in total. The molecule has 0 aromatic heterocycles. The van der Waals surface area contributed by atoms with Crippen molar-refractivity contribution in [2.24, 2.45) is 0 Å². The Kier molecular flexibility index (Phi) is 7.33. The van der Waals surface area contributed by atoms with Gasteiger partial charge in [0.2, 0.25) is 5.91 Å². The van der Waals surface area contributed by atoms with E-state index in [0.717, 1.165) is 10.0 Å². The van der Waals surface area contributed by atoms with E-state index in [1.165, 1.54) is 4.90 Å². The molecular formula is C23H25BrN2O5. The molecule has 0 atom stereocenters. The summed E-state index contributed by atoms with van der Waals surface area (Å²) in [6, 6.07) is 10.6. The molecule has 0 aliphatic carbocycles. The van der Waals surface area contributed by atoms with Crippen LogP contribution in [0.3, 0.4) is 0 Å². The minimum Gasteiger partial charge on any atom is -0.493 e. The predicted molar refractivity (Wildman–Crippen MR) is 119 cm³/mol. The minimum atomic E-state index is -0.313. The fourth-order valence-electron chi connectivity index (χ4n) is 3.59. The summed E-state index contributed by atoms with van der Waals surface area (Å²) in [6.45, 7) is 3.12. The van der Waals surface area contributed by atoms with Crippen molar-refractivity contribution in [1.82, 2.24) is 9.80 Å². The van der Waals surface area contributed by atoms with Crippen LogP contribution in [0.4, 0.5) is 0 Å². The van der Waals surface area contributed by atoms with Crippen molar-refractivity contribution >= 4 is 33.7 Å². The van der Waals surface area contributed by atoms with Gasteiger partial charge in [-0.05, 0) is 49.2 Å². The molecule has 1 aliphatic heterocycles. The van der Waals surface area contributed by atoms with Crippen LogP contribution in [-0.4, -0.2) is 54.8 Å². The first-order valence-electron chi connectivity index (χ1n) is 10.0. The summed E-state index contributed by atoms with van der Waals surface area (Å²) < 4.78 is 11.3. The van der Waals surface area contributed by atoms with E-state index >= 15 is 0 Å². The Hall–Kier alpha value is -2.87. The standard InChI is InChI=1S/C23H25BrN2O5/c1-4-25(14-15-7-10-19(30-2)20(12-15)31-3)21(27)6-5-11-26-22(28)17-9-8-16(24)13-18(17)23(26)29/h7-10,12-13H,4-6,11,14H2,1-3H3. The average Bonchev–Trinajstić information content (AvgIpc) is 3.01. The fraction of sp³-hybridized carbons (Fsp3) is 0.348. The number of rotatable bonds is 9. The van der Waals surface area contributed by atoms with Crippen LogP contribution in [0.25, 0.3) is 0 Å². The SMILES string of the molecule is CCN(Cc1ccc(OC)c(OC)c1)C(=O)CCCN1C(=O)c2ccc(Br)cc2C1=O. The number of methoxy groups -OCH3 is 2. The normalized spacial score (nSPS) is 12.7. The third-order valence-corrected chi connectivity index (χ3v) is 5.75. The van der Waals surface area contributed by atoms with E-state index in [-0.39, 0.29) is 30.7 Å². The molecule has 0 saturated carbocycles. The zero-order valence-electron chi connectivity index (χ0n) is 17.8. The maximum atomic E-state index is 12.7. The third-order valence-electron chi connectivity index (χ3n) is 5.26. The van der Waals surface area contributed by atoms with E-state index in [0.29, 0.717) is 42.1 Å². The summed E-state index contributed by atoms with van der Waals surface area (Å²) in [4.78, 5) is 40.7. The molecule has 0 N–H and O–H groups in total. The molecule has 1 aliphatic rings. The lowest BCUT2D eigenvalue weighted by molar-refractivity contribution is -0.131. The van der Waals surface area contributed by atoms with Crippen molar-refractivity contribution in [3.63, 3.8) is 0 Å². The molecule has 0 saturated heterocycles. The van der Waals surface area contributed by atoms with Crippen molar-refractivity contribution in [3.8, 4) is 11.5 Å². The number of hydrogen-bond donors (Lipinski definition) is 0. The smallest absolute Gasteiger partial charge is 0.261 e. The molecule has 1 heterocycles. The fourth-order valence-corrected chi connectivity index (χ4v) is 3.95. The zero-order chi connectivity index (χ0) is 22.5. The first-order chi connectivity index (χ1) is 14.9. The van der Waals surface area contributed by atoms with Crippen molar-refractivity contribution < 1.29 is 23.9 Å². The number of ether oxygens (including phenoxy) is 2. The van der Waals surface area contributed by atoms with Gasteiger partial charge in [0.1, 0.15) is 0 Å². The molecule has 0 unspecified atom stereocenters. The highest BCUT2D eigenvalue weighted by Gasteiger charge is 2.35. The summed E-state index contributed by atoms with van der Waals surface area (Å²) in [5.41, 5.74) is 1.73. The van der Waals surface area contributed by atoms with Gasteiger partial charge in [0.15, 0.2) is 11.5 Å². The Labute approximate surface area is 190 Å². The maximum Gasteiger partial charge on any atom is 0.261 e. The number of fused-ring (bicyclic) bond motifs is 1. The Morgan fingerprint density at radius 2 is 1.71 bits per heavy atom. The molecule has 164 valence electrons. The Balaban J connectivity index is 1.57. The summed E-state index contributed by atoms with van der Waals surface area (Å²) in [7, 11) is 3.15. The van der Waals surface area contributed by atoms with Crippen molar-refractivity contribution in [2.75, 3.05) is 27.3 Å². The van der Waals surface area contributed by atoms with E-state index < -0.39 is 0 Å². The van der Waals surface area contributed by atoms with E-state index in [1.807, 2.05) is 25.1 Å². The van der Waals surface area contributed by atoms with Gasteiger partial charge in [0.25, 0.3) is 11.8 Å². The lowest BCUT2D eigenvalue weighted by atomic mass is 10.1. The van der Waals surface area contributed by atoms with Crippen LogP contribution in [-0.2, 0) is 11.3 Å². The van der Waals surface area contributed by atoms with Crippen LogP contribution < -0.4 is 9.47 Å². The van der Waals surface area contributed by atoms with Crippen molar-refractivity contribution in [2.45, 2.75) is 26.3 Å². The van der Waals surface area contributed by atoms with Crippen LogP contribution >= 0.6 is 15.9 Å². The summed E-state index contributed by atoms with van der Waals surface area (Å²) in [5.74, 6) is 0.593. The second-order valence-electron chi connectivity index (χ2n) is 7.15. The average molecular weight is 489 g/mol. The molecule has 3 amide bonds. The summed E-state index contributed by atoms with van der Waals surface area (Å²) >= 11 is 3.32. The number of amides is 3. The van der Waals surface area contributed by atoms with Gasteiger partial charge in [-0.1, -0.05) is 22.0 Å². The minimum absolute atomic E-state index is 0.0309. The highest BCUT2D eigenvalue weighted by molar-refractivity contribution is 9.10. The third kappa shape index (κ3) is 4.90. The van der Waals surface area contributed by atoms with Crippen LogP contribution in [0, 0.1) is 0 Å². The highest BCUT2D eigenvalue weighted by Crippen LogP contribution is 2.28. The van der Waals surface area contributed by atoms with Crippen LogP contribution in [0.5, 0.6) is 11.5 Å². The zero-order valence-corrected chi connectivity index (χ0v) is 19.4. The van der Waals surface area contributed by atoms with Crippen molar-refractivity contribution in [1.29, 1.82) is 0 Å². The quantitative estimate of drug-likeness (QED) is 0.500. The number of carbonyl (C=O) groups excluding carboxylic acids is 3. The van der Waals surface area contributed by atoms with Crippen LogP contribution in [0.15, 0.2) is 40.9 Å². The molecule has 2 aromatic rings. The van der Waals surface area contributed by atoms with Gasteiger partial charge in [-0.2, -0.15) is 0 Å². The molecule has 8 heteroatoms. The van der Waals surface area contributed by atoms with Crippen molar-refractivity contribution in [3.05, 3.63) is 57.6 Å². The number of halogens is 1. The van der Waals surface area contributed by atoms with E-state index in [9.17, 15) is 14.4 Å². The molecular weight excluding hydrogens is 464 g/mol. The molecule has 2 aromatic carbocycles. The van der Waals surface area contributed by atoms with Gasteiger partial charge < -0.3 is 14.4 Å². The number of hydrogen-bond acceptors (Lipinski definition) is 5. The van der Waals surface area contributed by atoms with Gasteiger partial charge in [-0.25, -0.2) is 0 Å². The number of benzene rings is 2. The van der Waals surface area contributed by atoms with Gasteiger partial charge in [-0.3, -0.25) is 19.3 Å². The first kappa shape index (κ1) is 22.8. The lowest BCUT2D eigenvalue weighted by Gasteiger charge is -2.22. The molecule has 0 fully saturated rings. The van der Waals surface area contributed by atoms with E-state index in [1.54, 1.807) is 37.3 Å². The predicted octanol–water partition coefficient (Wildman–Crippen LogP) is 3.89. The summed E-state index contributed by atoms with van der Waals surface area (Å²) in [5, 5.41) is 0. The first-order valence-corrected chi connectivity index (χ1v) is 10.8. The lowest BCUT2D eigenvalue weighted by Crippen LogP contribution is -2.33. The largest absolute Gasteiger partial charge is 0.493 e. The van der Waals surface area contributed by atoms with E-state index in [4.69, 9.17) is 9.47 Å².